The quantitative estimate of drug-likeness (QED) is 0.866. The molecule has 7 heteroatoms. The molecule has 0 spiro atoms. The van der Waals surface area contributed by atoms with Crippen LogP contribution in [0.4, 0.5) is 11.4 Å². The zero-order valence-electron chi connectivity index (χ0n) is 15.4. The van der Waals surface area contributed by atoms with Crippen molar-refractivity contribution in [3.8, 4) is 5.75 Å². The Morgan fingerprint density at radius 2 is 1.74 bits per heavy atom. The number of ether oxygens (including phenoxy) is 1. The summed E-state index contributed by atoms with van der Waals surface area (Å²) < 4.78 is 5.73. The minimum absolute atomic E-state index is 0.271. The third-order valence-electron chi connectivity index (χ3n) is 4.53. The summed E-state index contributed by atoms with van der Waals surface area (Å²) in [5, 5.41) is 2.82. The van der Waals surface area contributed by atoms with E-state index in [0.29, 0.717) is 22.7 Å². The zero-order valence-corrected chi connectivity index (χ0v) is 15.4. The predicted octanol–water partition coefficient (Wildman–Crippen LogP) is 2.32. The molecular weight excluding hydrogens is 346 g/mol. The maximum absolute atomic E-state index is 13.1. The van der Waals surface area contributed by atoms with Gasteiger partial charge in [0, 0.05) is 5.56 Å². The number of primary amides is 1. The Kier molecular flexibility index (Phi) is 4.61. The summed E-state index contributed by atoms with van der Waals surface area (Å²) in [7, 11) is 0. The summed E-state index contributed by atoms with van der Waals surface area (Å²) in [6, 6.07) is 13.3. The van der Waals surface area contributed by atoms with Gasteiger partial charge in [-0.15, -0.1) is 0 Å². The van der Waals surface area contributed by atoms with Crippen LogP contribution in [0.25, 0.3) is 0 Å². The van der Waals surface area contributed by atoms with Crippen LogP contribution >= 0.6 is 0 Å². The molecule has 0 aliphatic carbocycles. The lowest BCUT2D eigenvalue weighted by molar-refractivity contribution is -0.130. The average Bonchev–Trinajstić information content (AvgIpc) is 2.62. The van der Waals surface area contributed by atoms with Crippen molar-refractivity contribution in [3.63, 3.8) is 0 Å². The van der Waals surface area contributed by atoms with Gasteiger partial charge in [0.25, 0.3) is 5.91 Å². The molecule has 2 aromatic carbocycles. The van der Waals surface area contributed by atoms with Crippen molar-refractivity contribution in [2.75, 3.05) is 10.2 Å². The largest absolute Gasteiger partial charge is 0.481 e. The molecule has 140 valence electrons. The number of carbonyl (C=O) groups excluding carboxylic acids is 3. The molecule has 7 nitrogen and oxygen atoms in total. The van der Waals surface area contributed by atoms with Gasteiger partial charge in [-0.1, -0.05) is 12.1 Å². The van der Waals surface area contributed by atoms with Crippen molar-refractivity contribution in [2.45, 2.75) is 32.4 Å². The molecule has 1 aliphatic heterocycles. The number of hydrogen-bond acceptors (Lipinski definition) is 4. The highest BCUT2D eigenvalue weighted by atomic mass is 16.5. The van der Waals surface area contributed by atoms with Crippen molar-refractivity contribution < 1.29 is 19.1 Å². The molecule has 1 heterocycles. The van der Waals surface area contributed by atoms with Crippen LogP contribution in [0.3, 0.4) is 0 Å². The van der Waals surface area contributed by atoms with Crippen LogP contribution in [-0.4, -0.2) is 29.4 Å². The number of anilines is 2. The lowest BCUT2D eigenvalue weighted by Crippen LogP contribution is -2.60. The van der Waals surface area contributed by atoms with Gasteiger partial charge < -0.3 is 15.8 Å². The molecule has 0 radical (unpaired) electrons. The Bertz CT molecular complexity index is 906. The zero-order chi connectivity index (χ0) is 19.8. The Morgan fingerprint density at radius 1 is 1.11 bits per heavy atom. The SMILES string of the molecule is C[C@@H](Oc1ccc(C(N)=O)cc1)C(=O)N1c2ccccc2NC(=O)C1(C)C. The first-order valence-electron chi connectivity index (χ1n) is 8.53. The van der Waals surface area contributed by atoms with E-state index in [2.05, 4.69) is 5.32 Å². The number of carbonyl (C=O) groups is 3. The van der Waals surface area contributed by atoms with Crippen molar-refractivity contribution in [2.24, 2.45) is 5.73 Å². The lowest BCUT2D eigenvalue weighted by atomic mass is 9.95. The molecule has 0 bridgehead atoms. The van der Waals surface area contributed by atoms with E-state index >= 15 is 0 Å². The summed E-state index contributed by atoms with van der Waals surface area (Å²) in [6.45, 7) is 4.99. The number of amides is 3. The van der Waals surface area contributed by atoms with E-state index in [9.17, 15) is 14.4 Å². The van der Waals surface area contributed by atoms with Gasteiger partial charge in [-0.3, -0.25) is 19.3 Å². The Morgan fingerprint density at radius 3 is 2.37 bits per heavy atom. The third-order valence-corrected chi connectivity index (χ3v) is 4.53. The average molecular weight is 367 g/mol. The molecule has 0 unspecified atom stereocenters. The molecule has 2 aromatic rings. The van der Waals surface area contributed by atoms with Gasteiger partial charge in [0.05, 0.1) is 11.4 Å². The maximum Gasteiger partial charge on any atom is 0.268 e. The first-order chi connectivity index (χ1) is 12.7. The number of para-hydroxylation sites is 2. The van der Waals surface area contributed by atoms with Crippen LogP contribution in [0.1, 0.15) is 31.1 Å². The smallest absolute Gasteiger partial charge is 0.268 e. The Hall–Kier alpha value is -3.35. The molecule has 3 N–H and O–H groups in total. The number of fused-ring (bicyclic) bond motifs is 1. The number of rotatable bonds is 4. The molecule has 0 saturated heterocycles. The monoisotopic (exact) mass is 367 g/mol. The van der Waals surface area contributed by atoms with Crippen LogP contribution in [0.5, 0.6) is 5.75 Å². The second-order valence-corrected chi connectivity index (χ2v) is 6.85. The summed E-state index contributed by atoms with van der Waals surface area (Å²) in [6.07, 6.45) is -0.845. The van der Waals surface area contributed by atoms with Crippen LogP contribution in [0.2, 0.25) is 0 Å². The minimum atomic E-state index is -1.07. The van der Waals surface area contributed by atoms with Crippen LogP contribution in [0, 0.1) is 0 Å². The highest BCUT2D eigenvalue weighted by Crippen LogP contribution is 2.37. The molecule has 1 atom stereocenters. The third kappa shape index (κ3) is 3.36. The summed E-state index contributed by atoms with van der Waals surface area (Å²) >= 11 is 0. The second kappa shape index (κ2) is 6.75. The molecule has 27 heavy (non-hydrogen) atoms. The number of hydrogen-bond donors (Lipinski definition) is 2. The van der Waals surface area contributed by atoms with Gasteiger partial charge in [-0.2, -0.15) is 0 Å². The molecular formula is C20H21N3O4. The van der Waals surface area contributed by atoms with Gasteiger partial charge in [0.1, 0.15) is 11.3 Å². The fourth-order valence-electron chi connectivity index (χ4n) is 2.98. The Balaban J connectivity index is 1.87. The minimum Gasteiger partial charge on any atom is -0.481 e. The first-order valence-corrected chi connectivity index (χ1v) is 8.53. The van der Waals surface area contributed by atoms with Crippen molar-refractivity contribution in [1.29, 1.82) is 0 Å². The van der Waals surface area contributed by atoms with Crippen molar-refractivity contribution in [1.82, 2.24) is 0 Å². The normalized spacial score (nSPS) is 16.1. The summed E-state index contributed by atoms with van der Waals surface area (Å²) in [4.78, 5) is 38.2. The molecule has 0 aromatic heterocycles. The van der Waals surface area contributed by atoms with Gasteiger partial charge in [-0.05, 0) is 57.2 Å². The van der Waals surface area contributed by atoms with Crippen molar-refractivity contribution >= 4 is 29.1 Å². The van der Waals surface area contributed by atoms with Crippen LogP contribution in [-0.2, 0) is 9.59 Å². The molecule has 3 rings (SSSR count). The number of nitrogens with zero attached hydrogens (tertiary/aromatic N) is 1. The van der Waals surface area contributed by atoms with Gasteiger partial charge in [0.15, 0.2) is 6.10 Å². The standard InChI is InChI=1S/C20H21N3O4/c1-12(27-14-10-8-13(9-11-14)17(21)24)18(25)23-16-7-5-4-6-15(16)22-19(26)20(23,2)3/h4-12H,1-3H3,(H2,21,24)(H,22,26)/t12-/m1/s1. The highest BCUT2D eigenvalue weighted by molar-refractivity contribution is 6.14. The summed E-state index contributed by atoms with van der Waals surface area (Å²) in [5.41, 5.74) is 5.70. The fourth-order valence-corrected chi connectivity index (χ4v) is 2.98. The maximum atomic E-state index is 13.1. The van der Waals surface area contributed by atoms with Gasteiger partial charge in [0.2, 0.25) is 11.8 Å². The van der Waals surface area contributed by atoms with Gasteiger partial charge >= 0.3 is 0 Å². The van der Waals surface area contributed by atoms with Crippen LogP contribution < -0.4 is 20.7 Å². The van der Waals surface area contributed by atoms with Gasteiger partial charge in [-0.25, -0.2) is 0 Å². The number of nitrogens with two attached hydrogens (primary N) is 1. The first kappa shape index (κ1) is 18.4. The van der Waals surface area contributed by atoms with E-state index in [-0.39, 0.29) is 11.8 Å². The fraction of sp³-hybridized carbons (Fsp3) is 0.250. The van der Waals surface area contributed by atoms with E-state index in [1.54, 1.807) is 57.2 Å². The van der Waals surface area contributed by atoms with E-state index in [4.69, 9.17) is 10.5 Å². The highest BCUT2D eigenvalue weighted by Gasteiger charge is 2.45. The number of nitrogens with one attached hydrogen (secondary N) is 1. The van der Waals surface area contributed by atoms with E-state index < -0.39 is 17.6 Å². The number of benzene rings is 2. The van der Waals surface area contributed by atoms with E-state index in [1.807, 2.05) is 0 Å². The molecule has 1 aliphatic rings. The van der Waals surface area contributed by atoms with Crippen molar-refractivity contribution in [3.05, 3.63) is 54.1 Å². The second-order valence-electron chi connectivity index (χ2n) is 6.85. The molecule has 3 amide bonds. The van der Waals surface area contributed by atoms with E-state index in [0.717, 1.165) is 0 Å². The molecule has 0 saturated carbocycles. The Labute approximate surface area is 157 Å². The van der Waals surface area contributed by atoms with E-state index in [1.165, 1.54) is 17.0 Å². The van der Waals surface area contributed by atoms with Crippen LogP contribution in [0.15, 0.2) is 48.5 Å². The molecule has 0 fully saturated rings. The lowest BCUT2D eigenvalue weighted by Gasteiger charge is -2.42. The topological polar surface area (TPSA) is 102 Å². The predicted molar refractivity (Wildman–Crippen MR) is 102 cm³/mol. The summed E-state index contributed by atoms with van der Waals surface area (Å²) in [5.74, 6) is -0.731.